The Labute approximate surface area is 125 Å². The first-order valence-electron chi connectivity index (χ1n) is 7.41. The number of rotatable bonds is 1. The lowest BCUT2D eigenvalue weighted by Gasteiger charge is -2.27. The third-order valence-electron chi connectivity index (χ3n) is 3.28. The van der Waals surface area contributed by atoms with Crippen molar-refractivity contribution in [2.45, 2.75) is 71.4 Å². The summed E-state index contributed by atoms with van der Waals surface area (Å²) in [5, 5.41) is 4.04. The minimum atomic E-state index is -0.504. The Morgan fingerprint density at radius 1 is 1.29 bits per heavy atom. The van der Waals surface area contributed by atoms with Gasteiger partial charge in [0.15, 0.2) is 5.82 Å². The molecule has 6 heteroatoms. The van der Waals surface area contributed by atoms with E-state index in [1.165, 1.54) is 0 Å². The Balaban J connectivity index is 2.15. The summed E-state index contributed by atoms with van der Waals surface area (Å²) in [6.45, 7) is 12.3. The van der Waals surface area contributed by atoms with Gasteiger partial charge in [-0.15, -0.1) is 0 Å². The van der Waals surface area contributed by atoms with Gasteiger partial charge in [-0.05, 0) is 33.6 Å². The molecule has 0 bridgehead atoms. The molecular weight excluding hydrogens is 270 g/mol. The molecule has 2 heterocycles. The summed E-state index contributed by atoms with van der Waals surface area (Å²) in [7, 11) is 0. The molecule has 1 saturated heterocycles. The Kier molecular flexibility index (Phi) is 4.00. The van der Waals surface area contributed by atoms with Crippen molar-refractivity contribution in [3.63, 3.8) is 0 Å². The minimum absolute atomic E-state index is 0.170. The first kappa shape index (κ1) is 15.8. The zero-order valence-electron chi connectivity index (χ0n) is 13.8. The van der Waals surface area contributed by atoms with Crippen LogP contribution in [0.5, 0.6) is 0 Å². The zero-order chi connectivity index (χ0) is 15.8. The smallest absolute Gasteiger partial charge is 0.410 e. The third-order valence-corrected chi connectivity index (χ3v) is 3.28. The van der Waals surface area contributed by atoms with Gasteiger partial charge in [-0.1, -0.05) is 25.9 Å². The van der Waals surface area contributed by atoms with Crippen LogP contribution in [0.15, 0.2) is 4.52 Å². The van der Waals surface area contributed by atoms with Crippen molar-refractivity contribution < 1.29 is 14.1 Å². The Bertz CT molecular complexity index is 511. The van der Waals surface area contributed by atoms with E-state index in [2.05, 4.69) is 10.1 Å². The summed E-state index contributed by atoms with van der Waals surface area (Å²) in [5.41, 5.74) is -0.674. The van der Waals surface area contributed by atoms with Crippen LogP contribution in [0.1, 0.15) is 72.1 Å². The second kappa shape index (κ2) is 5.31. The van der Waals surface area contributed by atoms with Gasteiger partial charge in [-0.2, -0.15) is 4.98 Å². The maximum absolute atomic E-state index is 12.3. The van der Waals surface area contributed by atoms with Crippen molar-refractivity contribution in [3.05, 3.63) is 11.7 Å². The Morgan fingerprint density at radius 3 is 2.48 bits per heavy atom. The molecular formula is C15H25N3O3. The number of aromatic nitrogens is 2. The number of carbonyl (C=O) groups is 1. The standard InChI is InChI=1S/C15H25N3O3/c1-14(2,3)12-16-11(21-17-12)10-8-7-9-18(10)13(19)20-15(4,5)6/h10H,7-9H2,1-6H3/t10-/m0/s1. The second-order valence-electron chi connectivity index (χ2n) is 7.54. The van der Waals surface area contributed by atoms with Gasteiger partial charge in [0.1, 0.15) is 11.6 Å². The molecule has 2 rings (SSSR count). The first-order chi connectivity index (χ1) is 9.58. The highest BCUT2D eigenvalue weighted by Gasteiger charge is 2.37. The van der Waals surface area contributed by atoms with Crippen LogP contribution >= 0.6 is 0 Å². The van der Waals surface area contributed by atoms with Gasteiger partial charge in [0.2, 0.25) is 5.89 Å². The van der Waals surface area contributed by atoms with Crippen LogP contribution in [-0.2, 0) is 10.2 Å². The molecule has 0 N–H and O–H groups in total. The average molecular weight is 295 g/mol. The molecule has 0 aliphatic carbocycles. The Hall–Kier alpha value is -1.59. The maximum atomic E-state index is 12.3. The van der Waals surface area contributed by atoms with Crippen LogP contribution in [0, 0.1) is 0 Å². The van der Waals surface area contributed by atoms with Gasteiger partial charge in [-0.3, -0.25) is 4.90 Å². The molecule has 1 aliphatic rings. The lowest BCUT2D eigenvalue weighted by atomic mass is 9.96. The molecule has 1 aromatic heterocycles. The number of hydrogen-bond acceptors (Lipinski definition) is 5. The van der Waals surface area contributed by atoms with E-state index in [1.807, 2.05) is 41.5 Å². The van der Waals surface area contributed by atoms with Crippen molar-refractivity contribution in [1.29, 1.82) is 0 Å². The van der Waals surface area contributed by atoms with Gasteiger partial charge in [0, 0.05) is 12.0 Å². The minimum Gasteiger partial charge on any atom is -0.444 e. The van der Waals surface area contributed by atoms with E-state index in [0.29, 0.717) is 18.3 Å². The lowest BCUT2D eigenvalue weighted by molar-refractivity contribution is 0.0199. The fourth-order valence-electron chi connectivity index (χ4n) is 2.24. The number of amides is 1. The molecule has 1 aromatic rings. The van der Waals surface area contributed by atoms with E-state index in [1.54, 1.807) is 4.90 Å². The van der Waals surface area contributed by atoms with Crippen LogP contribution in [0.2, 0.25) is 0 Å². The van der Waals surface area contributed by atoms with E-state index in [4.69, 9.17) is 9.26 Å². The van der Waals surface area contributed by atoms with Gasteiger partial charge in [-0.25, -0.2) is 4.79 Å². The number of ether oxygens (including phenoxy) is 1. The summed E-state index contributed by atoms with van der Waals surface area (Å²) < 4.78 is 10.8. The quantitative estimate of drug-likeness (QED) is 0.794. The fraction of sp³-hybridized carbons (Fsp3) is 0.800. The van der Waals surface area contributed by atoms with Gasteiger partial charge in [0.05, 0.1) is 0 Å². The second-order valence-corrected chi connectivity index (χ2v) is 7.54. The molecule has 21 heavy (non-hydrogen) atoms. The van der Waals surface area contributed by atoms with Gasteiger partial charge < -0.3 is 9.26 Å². The summed E-state index contributed by atoms with van der Waals surface area (Å²) in [6, 6.07) is -0.177. The number of carbonyl (C=O) groups excluding carboxylic acids is 1. The van der Waals surface area contributed by atoms with Crippen LogP contribution in [0.3, 0.4) is 0 Å². The molecule has 0 saturated carbocycles. The summed E-state index contributed by atoms with van der Waals surface area (Å²) >= 11 is 0. The fourth-order valence-corrected chi connectivity index (χ4v) is 2.24. The van der Waals surface area contributed by atoms with Crippen LogP contribution in [0.25, 0.3) is 0 Å². The van der Waals surface area contributed by atoms with E-state index in [9.17, 15) is 4.79 Å². The molecule has 1 aliphatic heterocycles. The van der Waals surface area contributed by atoms with E-state index >= 15 is 0 Å². The van der Waals surface area contributed by atoms with Crippen molar-refractivity contribution in [2.24, 2.45) is 0 Å². The molecule has 1 fully saturated rings. The van der Waals surface area contributed by atoms with Gasteiger partial charge >= 0.3 is 6.09 Å². The molecule has 1 atom stereocenters. The number of nitrogens with zero attached hydrogens (tertiary/aromatic N) is 3. The number of hydrogen-bond donors (Lipinski definition) is 0. The van der Waals surface area contributed by atoms with E-state index in [-0.39, 0.29) is 17.6 Å². The topological polar surface area (TPSA) is 68.5 Å². The van der Waals surface area contributed by atoms with Crippen molar-refractivity contribution in [1.82, 2.24) is 15.0 Å². The highest BCUT2D eigenvalue weighted by molar-refractivity contribution is 5.69. The molecule has 1 amide bonds. The molecule has 0 radical (unpaired) electrons. The predicted octanol–water partition coefficient (Wildman–Crippen LogP) is 3.44. The highest BCUT2D eigenvalue weighted by Crippen LogP contribution is 2.33. The monoisotopic (exact) mass is 295 g/mol. The summed E-state index contributed by atoms with van der Waals surface area (Å²) in [5.74, 6) is 1.16. The van der Waals surface area contributed by atoms with Crippen molar-refractivity contribution in [3.8, 4) is 0 Å². The maximum Gasteiger partial charge on any atom is 0.410 e. The zero-order valence-corrected chi connectivity index (χ0v) is 13.8. The predicted molar refractivity (Wildman–Crippen MR) is 77.9 cm³/mol. The van der Waals surface area contributed by atoms with Crippen molar-refractivity contribution >= 4 is 6.09 Å². The van der Waals surface area contributed by atoms with E-state index in [0.717, 1.165) is 12.8 Å². The SMILES string of the molecule is CC(C)(C)OC(=O)N1CCC[C@H]1c1nc(C(C)(C)C)no1. The first-order valence-corrected chi connectivity index (χ1v) is 7.41. The largest absolute Gasteiger partial charge is 0.444 e. The molecule has 6 nitrogen and oxygen atoms in total. The highest BCUT2D eigenvalue weighted by atomic mass is 16.6. The van der Waals surface area contributed by atoms with Crippen LogP contribution < -0.4 is 0 Å². The summed E-state index contributed by atoms with van der Waals surface area (Å²) in [6.07, 6.45) is 1.42. The van der Waals surface area contributed by atoms with Crippen molar-refractivity contribution in [2.75, 3.05) is 6.54 Å². The van der Waals surface area contributed by atoms with Crippen LogP contribution in [0.4, 0.5) is 4.79 Å². The molecule has 0 spiro atoms. The van der Waals surface area contributed by atoms with Crippen LogP contribution in [-0.4, -0.2) is 33.3 Å². The Morgan fingerprint density at radius 2 is 1.95 bits per heavy atom. The van der Waals surface area contributed by atoms with E-state index < -0.39 is 5.60 Å². The summed E-state index contributed by atoms with van der Waals surface area (Å²) in [4.78, 5) is 18.4. The molecule has 0 aromatic carbocycles. The molecule has 118 valence electrons. The normalized spacial score (nSPS) is 19.9. The third kappa shape index (κ3) is 3.74. The van der Waals surface area contributed by atoms with Gasteiger partial charge in [0.25, 0.3) is 0 Å². The molecule has 0 unspecified atom stereocenters. The lowest BCUT2D eigenvalue weighted by Crippen LogP contribution is -2.36. The number of likely N-dealkylation sites (tertiary alicyclic amines) is 1. The average Bonchev–Trinajstić information content (AvgIpc) is 2.94.